The van der Waals surface area contributed by atoms with Crippen LogP contribution in [0.25, 0.3) is 11.0 Å². The second-order valence-corrected chi connectivity index (χ2v) is 5.19. The Kier molecular flexibility index (Phi) is 4.86. The number of halogens is 1. The second-order valence-electron chi connectivity index (χ2n) is 4.75. The fraction of sp³-hybridized carbons (Fsp3) is 0.467. The van der Waals surface area contributed by atoms with E-state index >= 15 is 0 Å². The van der Waals surface area contributed by atoms with Gasteiger partial charge in [0.15, 0.2) is 0 Å². The quantitative estimate of drug-likeness (QED) is 0.875. The van der Waals surface area contributed by atoms with E-state index in [0.717, 1.165) is 47.8 Å². The highest BCUT2D eigenvalue weighted by molar-refractivity contribution is 6.31. The van der Waals surface area contributed by atoms with Crippen molar-refractivity contribution in [2.45, 2.75) is 26.3 Å². The molecule has 1 aromatic heterocycles. The molecule has 0 bridgehead atoms. The Hall–Kier alpha value is -1.03. The van der Waals surface area contributed by atoms with Crippen LogP contribution in [0.15, 0.2) is 28.7 Å². The topological polar surface area (TPSA) is 42.4 Å². The number of benzene rings is 1. The van der Waals surface area contributed by atoms with Crippen LogP contribution in [0.5, 0.6) is 0 Å². The van der Waals surface area contributed by atoms with E-state index in [2.05, 4.69) is 18.7 Å². The van der Waals surface area contributed by atoms with Crippen molar-refractivity contribution in [2.75, 3.05) is 19.6 Å². The lowest BCUT2D eigenvalue weighted by atomic mass is 10.1. The molecule has 19 heavy (non-hydrogen) atoms. The average Bonchev–Trinajstić information content (AvgIpc) is 2.82. The number of rotatable bonds is 6. The summed E-state index contributed by atoms with van der Waals surface area (Å²) < 4.78 is 5.78. The summed E-state index contributed by atoms with van der Waals surface area (Å²) in [6, 6.07) is 7.55. The third-order valence-corrected chi connectivity index (χ3v) is 3.75. The monoisotopic (exact) mass is 280 g/mol. The predicted octanol–water partition coefficient (Wildman–Crippen LogP) is 3.82. The molecular weight excluding hydrogens is 260 g/mol. The minimum atomic E-state index is -0.0632. The summed E-state index contributed by atoms with van der Waals surface area (Å²) >= 11 is 5.97. The van der Waals surface area contributed by atoms with E-state index in [4.69, 9.17) is 21.8 Å². The Morgan fingerprint density at radius 2 is 2.00 bits per heavy atom. The number of hydrogen-bond donors (Lipinski definition) is 1. The van der Waals surface area contributed by atoms with Gasteiger partial charge in [-0.3, -0.25) is 0 Å². The number of nitrogens with two attached hydrogens (primary N) is 1. The lowest BCUT2D eigenvalue weighted by Crippen LogP contribution is -2.26. The molecule has 2 aromatic rings. The molecule has 2 N–H and O–H groups in total. The van der Waals surface area contributed by atoms with Gasteiger partial charge in [0.25, 0.3) is 0 Å². The van der Waals surface area contributed by atoms with Crippen LogP contribution in [-0.4, -0.2) is 24.5 Å². The van der Waals surface area contributed by atoms with Gasteiger partial charge in [-0.05, 0) is 43.8 Å². The lowest BCUT2D eigenvalue weighted by Gasteiger charge is -2.19. The zero-order valence-corrected chi connectivity index (χ0v) is 12.3. The molecule has 0 aliphatic carbocycles. The zero-order chi connectivity index (χ0) is 13.8. The van der Waals surface area contributed by atoms with Crippen LogP contribution in [0.3, 0.4) is 0 Å². The Labute approximate surface area is 119 Å². The van der Waals surface area contributed by atoms with Crippen LogP contribution in [-0.2, 0) is 0 Å². The smallest absolute Gasteiger partial charge is 0.134 e. The molecule has 1 atom stereocenters. The zero-order valence-electron chi connectivity index (χ0n) is 11.5. The van der Waals surface area contributed by atoms with Gasteiger partial charge in [0.1, 0.15) is 11.3 Å². The molecule has 0 spiro atoms. The molecule has 0 saturated carbocycles. The maximum Gasteiger partial charge on any atom is 0.134 e. The molecule has 1 unspecified atom stereocenters. The van der Waals surface area contributed by atoms with Crippen molar-refractivity contribution in [1.29, 1.82) is 0 Å². The molecule has 4 heteroatoms. The minimum absolute atomic E-state index is 0.0632. The Bertz CT molecular complexity index is 534. The molecule has 1 heterocycles. The largest absolute Gasteiger partial charge is 0.459 e. The van der Waals surface area contributed by atoms with Crippen molar-refractivity contribution in [2.24, 2.45) is 5.73 Å². The predicted molar refractivity (Wildman–Crippen MR) is 80.6 cm³/mol. The first-order valence-corrected chi connectivity index (χ1v) is 7.18. The molecule has 0 aliphatic heterocycles. The third-order valence-electron chi connectivity index (χ3n) is 3.51. The highest BCUT2D eigenvalue weighted by Gasteiger charge is 2.13. The van der Waals surface area contributed by atoms with Gasteiger partial charge in [-0.1, -0.05) is 25.4 Å². The molecule has 0 radical (unpaired) electrons. The minimum Gasteiger partial charge on any atom is -0.459 e. The van der Waals surface area contributed by atoms with Gasteiger partial charge in [0, 0.05) is 17.0 Å². The first-order chi connectivity index (χ1) is 9.13. The summed E-state index contributed by atoms with van der Waals surface area (Å²) in [5.74, 6) is 0.837. The maximum absolute atomic E-state index is 6.20. The highest BCUT2D eigenvalue weighted by Crippen LogP contribution is 2.26. The average molecular weight is 281 g/mol. The second kappa shape index (κ2) is 6.42. The summed E-state index contributed by atoms with van der Waals surface area (Å²) in [7, 11) is 0. The van der Waals surface area contributed by atoms with Crippen LogP contribution >= 0.6 is 11.6 Å². The molecule has 0 aliphatic rings. The van der Waals surface area contributed by atoms with Gasteiger partial charge in [-0.25, -0.2) is 0 Å². The molecule has 0 saturated heterocycles. The third kappa shape index (κ3) is 3.50. The van der Waals surface area contributed by atoms with Crippen LogP contribution in [0.4, 0.5) is 0 Å². The Morgan fingerprint density at radius 3 is 2.68 bits per heavy atom. The molecular formula is C15H21ClN2O. The van der Waals surface area contributed by atoms with E-state index < -0.39 is 0 Å². The van der Waals surface area contributed by atoms with Gasteiger partial charge in [0.05, 0.1) is 6.04 Å². The maximum atomic E-state index is 6.20. The normalized spacial score (nSPS) is 13.3. The first kappa shape index (κ1) is 14.4. The Morgan fingerprint density at radius 1 is 1.26 bits per heavy atom. The van der Waals surface area contributed by atoms with Gasteiger partial charge in [-0.2, -0.15) is 0 Å². The lowest BCUT2D eigenvalue weighted by molar-refractivity contribution is 0.285. The van der Waals surface area contributed by atoms with Crippen molar-refractivity contribution < 1.29 is 4.42 Å². The molecule has 3 nitrogen and oxygen atoms in total. The summed E-state index contributed by atoms with van der Waals surface area (Å²) in [6.07, 6.45) is 0.898. The Balaban J connectivity index is 2.06. The fourth-order valence-electron chi connectivity index (χ4n) is 2.22. The van der Waals surface area contributed by atoms with Gasteiger partial charge < -0.3 is 15.1 Å². The van der Waals surface area contributed by atoms with Crippen molar-refractivity contribution in [3.05, 3.63) is 35.0 Å². The van der Waals surface area contributed by atoms with E-state index in [0.29, 0.717) is 0 Å². The molecule has 0 amide bonds. The molecule has 2 rings (SSSR count). The standard InChI is InChI=1S/C15H21ClN2O/c1-3-18(4-2)8-7-13(17)15-10-11-9-12(16)5-6-14(11)19-15/h5-6,9-10,13H,3-4,7-8,17H2,1-2H3. The van der Waals surface area contributed by atoms with Crippen molar-refractivity contribution in [3.8, 4) is 0 Å². The van der Waals surface area contributed by atoms with E-state index in [9.17, 15) is 0 Å². The van der Waals surface area contributed by atoms with Crippen LogP contribution < -0.4 is 5.73 Å². The van der Waals surface area contributed by atoms with E-state index in [1.54, 1.807) is 0 Å². The summed E-state index contributed by atoms with van der Waals surface area (Å²) in [4.78, 5) is 2.36. The summed E-state index contributed by atoms with van der Waals surface area (Å²) in [5, 5.41) is 1.73. The van der Waals surface area contributed by atoms with Gasteiger partial charge in [0.2, 0.25) is 0 Å². The summed E-state index contributed by atoms with van der Waals surface area (Å²) in [6.45, 7) is 7.43. The van der Waals surface area contributed by atoms with E-state index in [-0.39, 0.29) is 6.04 Å². The molecule has 104 valence electrons. The fourth-order valence-corrected chi connectivity index (χ4v) is 2.40. The van der Waals surface area contributed by atoms with Crippen molar-refractivity contribution in [1.82, 2.24) is 4.90 Å². The van der Waals surface area contributed by atoms with Gasteiger partial charge in [-0.15, -0.1) is 0 Å². The van der Waals surface area contributed by atoms with E-state index in [1.807, 2.05) is 24.3 Å². The summed E-state index contributed by atoms with van der Waals surface area (Å²) in [5.41, 5.74) is 7.05. The van der Waals surface area contributed by atoms with E-state index in [1.165, 1.54) is 0 Å². The van der Waals surface area contributed by atoms with Gasteiger partial charge >= 0.3 is 0 Å². The van der Waals surface area contributed by atoms with Crippen LogP contribution in [0, 0.1) is 0 Å². The molecule has 1 aromatic carbocycles. The number of furan rings is 1. The van der Waals surface area contributed by atoms with Crippen molar-refractivity contribution >= 4 is 22.6 Å². The number of hydrogen-bond acceptors (Lipinski definition) is 3. The highest BCUT2D eigenvalue weighted by atomic mass is 35.5. The van der Waals surface area contributed by atoms with Crippen LogP contribution in [0.2, 0.25) is 5.02 Å². The number of nitrogens with zero attached hydrogens (tertiary/aromatic N) is 1. The van der Waals surface area contributed by atoms with Crippen LogP contribution in [0.1, 0.15) is 32.1 Å². The SMILES string of the molecule is CCN(CC)CCC(N)c1cc2cc(Cl)ccc2o1. The number of fused-ring (bicyclic) bond motifs is 1. The molecule has 0 fully saturated rings. The first-order valence-electron chi connectivity index (χ1n) is 6.81. The van der Waals surface area contributed by atoms with Crippen molar-refractivity contribution in [3.63, 3.8) is 0 Å².